The fourth-order valence-electron chi connectivity index (χ4n) is 4.96. The molecule has 0 aliphatic heterocycles. The molecule has 3 N–H and O–H groups in total. The number of ether oxygens (including phenoxy) is 1. The molecule has 1 saturated carbocycles. The minimum absolute atomic E-state index is 0.101. The Morgan fingerprint density at radius 1 is 0.929 bits per heavy atom. The molecule has 4 rings (SSSR count). The van der Waals surface area contributed by atoms with Crippen molar-refractivity contribution in [2.75, 3.05) is 5.32 Å². The number of rotatable bonds is 9. The number of hydrogen-bond donors (Lipinski definition) is 3. The van der Waals surface area contributed by atoms with Crippen molar-refractivity contribution in [1.82, 2.24) is 10.2 Å². The van der Waals surface area contributed by atoms with Gasteiger partial charge in [0.1, 0.15) is 23.4 Å². The molecule has 3 amide bonds. The number of amides is 3. The summed E-state index contributed by atoms with van der Waals surface area (Å²) in [7, 11) is 0. The van der Waals surface area contributed by atoms with E-state index in [1.54, 1.807) is 37.8 Å². The third kappa shape index (κ3) is 7.90. The van der Waals surface area contributed by atoms with Crippen LogP contribution in [0.3, 0.4) is 0 Å². The summed E-state index contributed by atoms with van der Waals surface area (Å²) in [5.41, 5.74) is 4.26. The second-order valence-corrected chi connectivity index (χ2v) is 12.1. The van der Waals surface area contributed by atoms with E-state index in [2.05, 4.69) is 10.6 Å². The van der Waals surface area contributed by atoms with Gasteiger partial charge in [-0.25, -0.2) is 4.79 Å². The average molecular weight is 572 g/mol. The van der Waals surface area contributed by atoms with E-state index in [0.717, 1.165) is 40.8 Å². The predicted octanol–water partition coefficient (Wildman–Crippen LogP) is 6.12. The third-order valence-electron chi connectivity index (χ3n) is 7.21. The first-order chi connectivity index (χ1) is 19.8. The summed E-state index contributed by atoms with van der Waals surface area (Å²) in [6.07, 6.45) is 0.940. The van der Waals surface area contributed by atoms with Crippen molar-refractivity contribution in [3.63, 3.8) is 0 Å². The lowest BCUT2D eigenvalue weighted by molar-refractivity contribution is -0.141. The quantitative estimate of drug-likeness (QED) is 0.287. The van der Waals surface area contributed by atoms with Gasteiger partial charge in [0.05, 0.1) is 0 Å². The number of benzene rings is 3. The summed E-state index contributed by atoms with van der Waals surface area (Å²) in [6, 6.07) is 17.8. The second kappa shape index (κ2) is 12.7. The van der Waals surface area contributed by atoms with E-state index in [1.165, 1.54) is 12.1 Å². The molecule has 0 bridgehead atoms. The summed E-state index contributed by atoms with van der Waals surface area (Å²) >= 11 is 0. The second-order valence-electron chi connectivity index (χ2n) is 12.1. The van der Waals surface area contributed by atoms with Gasteiger partial charge in [0, 0.05) is 18.2 Å². The number of nitrogens with zero attached hydrogens (tertiary/aromatic N) is 1. The molecule has 8 nitrogen and oxygen atoms in total. The Morgan fingerprint density at radius 3 is 2.07 bits per heavy atom. The molecule has 8 heteroatoms. The molecule has 0 heterocycles. The lowest BCUT2D eigenvalue weighted by atomic mass is 9.98. The number of carbonyl (C=O) groups is 3. The fraction of sp³-hybridized carbons (Fsp3) is 0.382. The molecule has 0 spiro atoms. The first kappa shape index (κ1) is 30.6. The lowest BCUT2D eigenvalue weighted by Crippen LogP contribution is -2.54. The molecule has 2 unspecified atom stereocenters. The number of alkyl carbamates (subject to hydrolysis) is 1. The number of aryl methyl sites for hydroxylation is 3. The van der Waals surface area contributed by atoms with Crippen molar-refractivity contribution >= 4 is 23.6 Å². The Kier molecular flexibility index (Phi) is 9.24. The molecular formula is C34H41N3O5. The highest BCUT2D eigenvalue weighted by Gasteiger charge is 2.44. The van der Waals surface area contributed by atoms with Crippen LogP contribution in [-0.4, -0.2) is 45.6 Å². The van der Waals surface area contributed by atoms with E-state index in [1.807, 2.05) is 63.2 Å². The van der Waals surface area contributed by atoms with Crippen molar-refractivity contribution in [2.24, 2.45) is 0 Å². The van der Waals surface area contributed by atoms with Crippen LogP contribution in [0.1, 0.15) is 67.5 Å². The molecular weight excluding hydrogens is 530 g/mol. The smallest absolute Gasteiger partial charge is 0.408 e. The first-order valence-electron chi connectivity index (χ1n) is 14.4. The van der Waals surface area contributed by atoms with E-state index >= 15 is 0 Å². The first-order valence-corrected chi connectivity index (χ1v) is 14.4. The van der Waals surface area contributed by atoms with Crippen LogP contribution in [0.4, 0.5) is 10.5 Å². The van der Waals surface area contributed by atoms with Gasteiger partial charge in [-0.05, 0) is 88.8 Å². The maximum Gasteiger partial charge on any atom is 0.408 e. The van der Waals surface area contributed by atoms with E-state index in [9.17, 15) is 19.5 Å². The summed E-state index contributed by atoms with van der Waals surface area (Å²) in [5, 5.41) is 15.7. The highest BCUT2D eigenvalue weighted by atomic mass is 16.6. The number of anilines is 1. The molecule has 1 aliphatic carbocycles. The predicted molar refractivity (Wildman–Crippen MR) is 163 cm³/mol. The molecule has 0 aromatic heterocycles. The third-order valence-corrected chi connectivity index (χ3v) is 7.21. The van der Waals surface area contributed by atoms with Crippen LogP contribution in [0.5, 0.6) is 5.75 Å². The van der Waals surface area contributed by atoms with Crippen LogP contribution in [0.15, 0.2) is 66.7 Å². The largest absolute Gasteiger partial charge is 0.508 e. The molecule has 3 aromatic carbocycles. The zero-order valence-corrected chi connectivity index (χ0v) is 25.2. The summed E-state index contributed by atoms with van der Waals surface area (Å²) in [5.74, 6) is -0.597. The van der Waals surface area contributed by atoms with Crippen LogP contribution in [0, 0.1) is 20.8 Å². The number of hydrogen-bond acceptors (Lipinski definition) is 5. The van der Waals surface area contributed by atoms with Gasteiger partial charge in [0.2, 0.25) is 5.91 Å². The van der Waals surface area contributed by atoms with E-state index in [-0.39, 0.29) is 30.0 Å². The Bertz CT molecular complexity index is 1400. The maximum atomic E-state index is 14.5. The van der Waals surface area contributed by atoms with Gasteiger partial charge in [-0.2, -0.15) is 0 Å². The van der Waals surface area contributed by atoms with Crippen LogP contribution in [0.2, 0.25) is 0 Å². The Labute approximate surface area is 248 Å². The van der Waals surface area contributed by atoms with Crippen molar-refractivity contribution in [1.29, 1.82) is 0 Å². The SMILES string of the molecule is Cc1ccc(C(C(=O)Nc2c(C)cccc2C)N(C(=O)C(Cc2ccc(O)cc2)NC(=O)OC(C)(C)C)C2CC2)cc1. The summed E-state index contributed by atoms with van der Waals surface area (Å²) < 4.78 is 5.50. The van der Waals surface area contributed by atoms with Crippen molar-refractivity contribution < 1.29 is 24.2 Å². The summed E-state index contributed by atoms with van der Waals surface area (Å²) in [4.78, 5) is 43.2. The molecule has 1 aliphatic rings. The number of aromatic hydroxyl groups is 1. The standard InChI is InChI=1S/C34H41N3O5/c1-21-10-14-25(15-11-21)30(31(39)36-29-22(2)8-7-9-23(29)3)37(26-16-17-26)32(40)28(35-33(41)42-34(4,5)6)20-24-12-18-27(38)19-13-24/h7-15,18-19,26,28,30,38H,16-17,20H2,1-6H3,(H,35,41)(H,36,39). The van der Waals surface area contributed by atoms with Gasteiger partial charge in [-0.3, -0.25) is 9.59 Å². The monoisotopic (exact) mass is 571 g/mol. The zero-order valence-electron chi connectivity index (χ0n) is 25.2. The van der Waals surface area contributed by atoms with Gasteiger partial charge in [0.25, 0.3) is 5.91 Å². The van der Waals surface area contributed by atoms with Crippen molar-refractivity contribution in [2.45, 2.75) is 84.5 Å². The number of para-hydroxylation sites is 1. The minimum Gasteiger partial charge on any atom is -0.508 e. The van der Waals surface area contributed by atoms with Crippen LogP contribution >= 0.6 is 0 Å². The van der Waals surface area contributed by atoms with Gasteiger partial charge in [-0.15, -0.1) is 0 Å². The molecule has 3 aromatic rings. The van der Waals surface area contributed by atoms with E-state index in [4.69, 9.17) is 4.74 Å². The highest BCUT2D eigenvalue weighted by molar-refractivity contribution is 6.00. The minimum atomic E-state index is -1.01. The number of nitrogens with one attached hydrogen (secondary N) is 2. The molecule has 42 heavy (non-hydrogen) atoms. The van der Waals surface area contributed by atoms with Crippen molar-refractivity contribution in [3.8, 4) is 5.75 Å². The average Bonchev–Trinajstić information content (AvgIpc) is 3.75. The van der Waals surface area contributed by atoms with E-state index in [0.29, 0.717) is 5.56 Å². The molecule has 0 radical (unpaired) electrons. The molecule has 1 fully saturated rings. The molecule has 2 atom stereocenters. The van der Waals surface area contributed by atoms with E-state index < -0.39 is 23.8 Å². The van der Waals surface area contributed by atoms with Crippen LogP contribution in [-0.2, 0) is 20.7 Å². The fourth-order valence-corrected chi connectivity index (χ4v) is 4.96. The Morgan fingerprint density at radius 2 is 1.52 bits per heavy atom. The highest BCUT2D eigenvalue weighted by Crippen LogP contribution is 2.37. The van der Waals surface area contributed by atoms with Gasteiger partial charge in [-0.1, -0.05) is 60.2 Å². The normalized spacial score (nSPS) is 14.4. The number of carbonyl (C=O) groups excluding carboxylic acids is 3. The topological polar surface area (TPSA) is 108 Å². The zero-order chi connectivity index (χ0) is 30.6. The van der Waals surface area contributed by atoms with Crippen LogP contribution < -0.4 is 10.6 Å². The summed E-state index contributed by atoms with van der Waals surface area (Å²) in [6.45, 7) is 11.1. The van der Waals surface area contributed by atoms with Gasteiger partial charge in [0.15, 0.2) is 0 Å². The van der Waals surface area contributed by atoms with Crippen LogP contribution in [0.25, 0.3) is 0 Å². The molecule has 0 saturated heterocycles. The van der Waals surface area contributed by atoms with Gasteiger partial charge >= 0.3 is 6.09 Å². The Balaban J connectivity index is 1.73. The Hall–Kier alpha value is -4.33. The molecule has 222 valence electrons. The number of phenolic OH excluding ortho intramolecular Hbond substituents is 1. The van der Waals surface area contributed by atoms with Crippen molar-refractivity contribution in [3.05, 3.63) is 94.5 Å². The van der Waals surface area contributed by atoms with Gasteiger partial charge < -0.3 is 25.4 Å². The number of phenols is 1. The lowest BCUT2D eigenvalue weighted by Gasteiger charge is -2.35. The maximum absolute atomic E-state index is 14.5.